The van der Waals surface area contributed by atoms with Gasteiger partial charge in [0, 0.05) is 22.3 Å². The monoisotopic (exact) mass is 1800 g/mol. The number of hydrogen-bond donors (Lipinski definition) is 6. The van der Waals surface area contributed by atoms with Crippen LogP contribution in [0.2, 0.25) is 0 Å². The minimum absolute atomic E-state index is 0.230. The molecule has 10 nitrogen and oxygen atoms in total. The summed E-state index contributed by atoms with van der Waals surface area (Å²) in [5.74, 6) is 14.8. The van der Waals surface area contributed by atoms with Gasteiger partial charge in [-0.1, -0.05) is 412 Å². The molecule has 19 aromatic carbocycles. The van der Waals surface area contributed by atoms with Gasteiger partial charge in [-0.25, -0.2) is 0 Å². The lowest BCUT2D eigenvalue weighted by atomic mass is 9.92. The fourth-order valence-corrected chi connectivity index (χ4v) is 19.0. The molecule has 2 unspecified atom stereocenters. The molecular weight excluding hydrogens is 1700 g/mol. The summed E-state index contributed by atoms with van der Waals surface area (Å²) in [5, 5.41) is 69.1. The van der Waals surface area contributed by atoms with Gasteiger partial charge < -0.3 is 49.6 Å². The molecule has 0 aliphatic heterocycles. The van der Waals surface area contributed by atoms with Crippen LogP contribution >= 0.6 is 0 Å². The molecule has 6 N–H and O–H groups in total. The highest BCUT2D eigenvalue weighted by Gasteiger charge is 2.44. The molecule has 678 valence electrons. The number of fused-ring (bicyclic) bond motifs is 20. The molecule has 0 amide bonds. The summed E-state index contributed by atoms with van der Waals surface area (Å²) in [4.78, 5) is 0. The smallest absolute Gasteiger partial charge is 0.230 e. The van der Waals surface area contributed by atoms with Gasteiger partial charge in [0.25, 0.3) is 0 Å². The Morgan fingerprint density at radius 3 is 0.536 bits per heavy atom. The molecular formula is C128H106O10. The van der Waals surface area contributed by atoms with E-state index in [0.717, 1.165) is 157 Å². The van der Waals surface area contributed by atoms with E-state index in [1.807, 2.05) is 416 Å². The van der Waals surface area contributed by atoms with Crippen molar-refractivity contribution in [2.24, 2.45) is 0 Å². The fraction of sp³-hybridized carbons (Fsp3) is 0.109. The lowest BCUT2D eigenvalue weighted by Crippen LogP contribution is -2.21. The van der Waals surface area contributed by atoms with Crippen LogP contribution in [-0.4, -0.2) is 44.2 Å². The maximum Gasteiger partial charge on any atom is 0.230 e. The first-order valence-electron chi connectivity index (χ1n) is 46.2. The van der Waals surface area contributed by atoms with Gasteiger partial charge in [-0.05, 0) is 247 Å². The predicted molar refractivity (Wildman–Crippen MR) is 558 cm³/mol. The van der Waals surface area contributed by atoms with E-state index in [2.05, 4.69) is 109 Å². The topological polar surface area (TPSA) is 158 Å². The highest BCUT2D eigenvalue weighted by molar-refractivity contribution is 5.95. The molecule has 0 saturated carbocycles. The molecule has 6 aliphatic rings. The van der Waals surface area contributed by atoms with Crippen LogP contribution in [0.1, 0.15) is 108 Å². The zero-order chi connectivity index (χ0) is 95.7. The van der Waals surface area contributed by atoms with E-state index in [1.54, 1.807) is 13.8 Å². The molecule has 0 saturated heterocycles. The molecule has 0 bridgehead atoms. The van der Waals surface area contributed by atoms with Gasteiger partial charge in [0.2, 0.25) is 13.6 Å². The van der Waals surface area contributed by atoms with E-state index >= 15 is 0 Å². The van der Waals surface area contributed by atoms with Crippen LogP contribution in [-0.2, 0) is 33.6 Å². The van der Waals surface area contributed by atoms with Crippen molar-refractivity contribution < 1.29 is 49.6 Å². The van der Waals surface area contributed by atoms with Crippen molar-refractivity contribution in [3.63, 3.8) is 0 Å². The lowest BCUT2D eigenvalue weighted by molar-refractivity contribution is 0.107. The quantitative estimate of drug-likeness (QED) is 0.0639. The first-order valence-corrected chi connectivity index (χ1v) is 46.2. The van der Waals surface area contributed by atoms with Crippen molar-refractivity contribution in [1.82, 2.24) is 0 Å². The van der Waals surface area contributed by atoms with E-state index in [9.17, 15) is 30.6 Å². The largest absolute Gasteiger partial charge is 0.458 e. The van der Waals surface area contributed by atoms with Crippen molar-refractivity contribution in [3.05, 3.63) is 540 Å². The van der Waals surface area contributed by atoms with Gasteiger partial charge in [0.1, 0.15) is 45.4 Å². The molecule has 0 radical (unpaired) electrons. The SMILES string of the molecule is CC#CC1(O)c2ccccc2-c2ccccc21.CC#CC1(O)c2ccccc2-c2ccccc21.CC1(O)c2ccccc2-c2cc3ccccc3cc21.CC1(O)c2ccccc2-c2cc3ccccc3cc21.CC1(O)c2ccccc2-c2ccccc21.CC1(O)c2ccccc2-c2ccccc21.c1ccc(OCOc2ccccc2)cc1.c1ccc(OCOc2ccccc2)cc1.c1ccccc1. The molecule has 138 heavy (non-hydrogen) atoms. The minimum atomic E-state index is -1.15. The van der Waals surface area contributed by atoms with E-state index < -0.39 is 33.6 Å². The molecule has 19 aromatic rings. The first kappa shape index (κ1) is 93.6. The van der Waals surface area contributed by atoms with Crippen LogP contribution in [0.4, 0.5) is 0 Å². The van der Waals surface area contributed by atoms with E-state index in [0.29, 0.717) is 0 Å². The van der Waals surface area contributed by atoms with Gasteiger partial charge in [-0.2, -0.15) is 0 Å². The summed E-state index contributed by atoms with van der Waals surface area (Å²) in [5.41, 5.74) is 19.3. The third kappa shape index (κ3) is 19.6. The number of para-hydroxylation sites is 4. The Labute approximate surface area is 808 Å². The van der Waals surface area contributed by atoms with E-state index in [4.69, 9.17) is 18.9 Å². The van der Waals surface area contributed by atoms with Crippen molar-refractivity contribution in [3.8, 4) is 113 Å². The molecule has 0 fully saturated rings. The summed E-state index contributed by atoms with van der Waals surface area (Å²) < 4.78 is 21.6. The Kier molecular flexibility index (Phi) is 28.3. The third-order valence-electron chi connectivity index (χ3n) is 25.7. The average molecular weight is 1800 g/mol. The number of aliphatic hydroxyl groups is 6. The van der Waals surface area contributed by atoms with Crippen molar-refractivity contribution in [1.29, 1.82) is 0 Å². The van der Waals surface area contributed by atoms with Crippen molar-refractivity contribution >= 4 is 21.5 Å². The van der Waals surface area contributed by atoms with Gasteiger partial charge in [0.15, 0.2) is 11.2 Å². The van der Waals surface area contributed by atoms with Crippen LogP contribution in [0, 0.1) is 23.7 Å². The minimum Gasteiger partial charge on any atom is -0.458 e. The fourth-order valence-electron chi connectivity index (χ4n) is 19.0. The zero-order valence-electron chi connectivity index (χ0n) is 77.8. The highest BCUT2D eigenvalue weighted by atomic mass is 16.7. The first-order chi connectivity index (χ1) is 67.2. The summed E-state index contributed by atoms with van der Waals surface area (Å²) in [6.45, 7) is 11.4. The maximum absolute atomic E-state index is 10.9. The normalized spacial score (nSPS) is 15.0. The second-order valence-corrected chi connectivity index (χ2v) is 34.6. The highest BCUT2D eigenvalue weighted by Crippen LogP contribution is 2.54. The number of benzene rings is 19. The Bertz CT molecular complexity index is 6870. The second-order valence-electron chi connectivity index (χ2n) is 34.6. The second kappa shape index (κ2) is 41.7. The summed E-state index contributed by atoms with van der Waals surface area (Å²) in [6, 6.07) is 156. The molecule has 10 heteroatoms. The number of rotatable bonds is 8. The summed E-state index contributed by atoms with van der Waals surface area (Å²) in [7, 11) is 0. The molecule has 0 spiro atoms. The maximum atomic E-state index is 10.9. The van der Waals surface area contributed by atoms with Crippen LogP contribution in [0.25, 0.3) is 88.3 Å². The average Bonchev–Trinajstić information content (AvgIpc) is 1.58. The van der Waals surface area contributed by atoms with Crippen molar-refractivity contribution in [2.45, 2.75) is 75.1 Å². The van der Waals surface area contributed by atoms with Gasteiger partial charge in [-0.3, -0.25) is 0 Å². The summed E-state index contributed by atoms with van der Waals surface area (Å²) in [6.07, 6.45) is 0. The zero-order valence-corrected chi connectivity index (χ0v) is 77.8. The Balaban J connectivity index is 0.000000108. The Morgan fingerprint density at radius 2 is 0.326 bits per heavy atom. The molecule has 6 aliphatic carbocycles. The molecule has 0 heterocycles. The van der Waals surface area contributed by atoms with E-state index in [-0.39, 0.29) is 13.6 Å². The van der Waals surface area contributed by atoms with E-state index in [1.165, 1.54) is 21.5 Å². The number of hydrogen-bond acceptors (Lipinski definition) is 10. The van der Waals surface area contributed by atoms with Gasteiger partial charge >= 0.3 is 0 Å². The van der Waals surface area contributed by atoms with Crippen LogP contribution < -0.4 is 18.9 Å². The number of ether oxygens (including phenoxy) is 4. The molecule has 0 aromatic heterocycles. The van der Waals surface area contributed by atoms with Gasteiger partial charge in [0.05, 0.1) is 0 Å². The van der Waals surface area contributed by atoms with Crippen LogP contribution in [0.15, 0.2) is 473 Å². The Hall–Kier alpha value is -16.2. The third-order valence-corrected chi connectivity index (χ3v) is 25.7. The van der Waals surface area contributed by atoms with Crippen molar-refractivity contribution in [2.75, 3.05) is 13.6 Å². The Morgan fingerprint density at radius 1 is 0.174 bits per heavy atom. The van der Waals surface area contributed by atoms with Crippen LogP contribution in [0.3, 0.4) is 0 Å². The molecule has 2 atom stereocenters. The van der Waals surface area contributed by atoms with Crippen LogP contribution in [0.5, 0.6) is 23.0 Å². The van der Waals surface area contributed by atoms with Gasteiger partial charge in [-0.15, -0.1) is 11.8 Å². The molecule has 25 rings (SSSR count). The predicted octanol–water partition coefficient (Wildman–Crippen LogP) is 27.7. The lowest BCUT2D eigenvalue weighted by Gasteiger charge is -2.20. The standard InChI is InChI=1S/2C18H14O.2C16H12O.2C14H12O.2C13H12O2.C6H6/c2*1-18(19)16-9-5-4-8-14(16)15-10-12-6-2-3-7-13(12)11-17(15)18;2*1-2-11-16(17)14-9-5-3-7-12(14)13-8-4-6-10-15(13)16;2*1-14(15)12-8-4-2-6-10(12)11-7-3-5-9-13(11)14;2*1-3-7-12(8-4-1)14-11-15-13-9-5-2-6-10-13;1-2-4-6-5-3-1/h2*2-11,19H,1H3;2*3-10,17H,1H3;2*2-9,15H,1H3;2*1-10H,11H2;1-6H. The summed E-state index contributed by atoms with van der Waals surface area (Å²) >= 11 is 0.